The molecule has 1 aromatic heterocycles. The summed E-state index contributed by atoms with van der Waals surface area (Å²) in [4.78, 5) is 3.85. The number of rotatable bonds is 2. The summed E-state index contributed by atoms with van der Waals surface area (Å²) in [6.45, 7) is 0.879. The lowest BCUT2D eigenvalue weighted by Gasteiger charge is -2.35. The molecule has 70 valence electrons. The van der Waals surface area contributed by atoms with Crippen LogP contribution in [0, 0.1) is 0 Å². The molecule has 0 aliphatic carbocycles. The van der Waals surface area contributed by atoms with Gasteiger partial charge in [-0.2, -0.15) is 0 Å². The molecule has 0 aromatic carbocycles. The van der Waals surface area contributed by atoms with Crippen LogP contribution in [0.5, 0.6) is 0 Å². The van der Waals surface area contributed by atoms with Gasteiger partial charge in [-0.15, -0.1) is 0 Å². The fourth-order valence-corrected chi connectivity index (χ4v) is 1.49. The van der Waals surface area contributed by atoms with Gasteiger partial charge in [0.15, 0.2) is 0 Å². The highest BCUT2D eigenvalue weighted by atomic mass is 19.1. The van der Waals surface area contributed by atoms with Gasteiger partial charge in [0, 0.05) is 25.7 Å². The van der Waals surface area contributed by atoms with E-state index in [0.717, 1.165) is 5.56 Å². The van der Waals surface area contributed by atoms with Crippen molar-refractivity contribution in [3.05, 3.63) is 23.9 Å². The van der Waals surface area contributed by atoms with Gasteiger partial charge in [-0.3, -0.25) is 0 Å². The fourth-order valence-electron chi connectivity index (χ4n) is 1.49. The number of nitrogens with two attached hydrogens (primary N) is 1. The predicted molar refractivity (Wildman–Crippen MR) is 49.1 cm³/mol. The van der Waals surface area contributed by atoms with Crippen molar-refractivity contribution < 1.29 is 4.39 Å². The molecule has 4 heteroatoms. The summed E-state index contributed by atoms with van der Waals surface area (Å²) >= 11 is 0. The van der Waals surface area contributed by atoms with E-state index in [-0.39, 0.29) is 0 Å². The molecule has 2 heterocycles. The Hall–Kier alpha value is -1.16. The molecule has 1 aromatic rings. The second-order valence-electron chi connectivity index (χ2n) is 3.52. The van der Waals surface area contributed by atoms with Gasteiger partial charge in [0.25, 0.3) is 0 Å². The highest BCUT2D eigenvalue weighted by Crippen LogP contribution is 2.22. The Labute approximate surface area is 76.2 Å². The molecule has 0 radical (unpaired) electrons. The van der Waals surface area contributed by atoms with Crippen LogP contribution in [0.4, 0.5) is 10.2 Å². The third-order valence-corrected chi connectivity index (χ3v) is 2.25. The van der Waals surface area contributed by atoms with Crippen molar-refractivity contribution in [3.63, 3.8) is 0 Å². The third kappa shape index (κ3) is 1.78. The van der Waals surface area contributed by atoms with Gasteiger partial charge >= 0.3 is 0 Å². The zero-order chi connectivity index (χ0) is 9.31. The van der Waals surface area contributed by atoms with Crippen LogP contribution in [-0.4, -0.2) is 23.7 Å². The molecule has 13 heavy (non-hydrogen) atoms. The summed E-state index contributed by atoms with van der Waals surface area (Å²) in [5.41, 5.74) is 5.33. The number of aromatic nitrogens is 1. The Morgan fingerprint density at radius 3 is 2.92 bits per heavy atom. The van der Waals surface area contributed by atoms with Gasteiger partial charge in [0.05, 0.1) is 0 Å². The number of anilines is 1. The average molecular weight is 181 g/mol. The summed E-state index contributed by atoms with van der Waals surface area (Å²) < 4.78 is 13.6. The number of nitrogens with zero attached hydrogens (tertiary/aromatic N) is 1. The van der Waals surface area contributed by atoms with Crippen LogP contribution in [0.3, 0.4) is 0 Å². The standard InChI is InChI=1S/C9H12FN3/c10-9(5-12-6-9)4-7-1-2-13-8(11)3-7/h1-3,12H,4-6H2,(H2,11,13). The van der Waals surface area contributed by atoms with Gasteiger partial charge < -0.3 is 11.1 Å². The van der Waals surface area contributed by atoms with Gasteiger partial charge in [0.2, 0.25) is 0 Å². The van der Waals surface area contributed by atoms with Crippen molar-refractivity contribution in [1.82, 2.24) is 10.3 Å². The first-order chi connectivity index (χ1) is 6.18. The molecule has 1 saturated heterocycles. The Morgan fingerprint density at radius 1 is 1.62 bits per heavy atom. The number of halogens is 1. The second-order valence-corrected chi connectivity index (χ2v) is 3.52. The maximum atomic E-state index is 13.6. The van der Waals surface area contributed by atoms with E-state index in [1.54, 1.807) is 18.3 Å². The van der Waals surface area contributed by atoms with Crippen LogP contribution in [0.1, 0.15) is 5.56 Å². The Kier molecular flexibility index (Phi) is 1.92. The molecule has 0 saturated carbocycles. The van der Waals surface area contributed by atoms with Crippen LogP contribution in [0.25, 0.3) is 0 Å². The highest BCUT2D eigenvalue weighted by molar-refractivity contribution is 5.32. The minimum Gasteiger partial charge on any atom is -0.384 e. The number of nitrogen functional groups attached to an aromatic ring is 1. The maximum absolute atomic E-state index is 13.6. The summed E-state index contributed by atoms with van der Waals surface area (Å²) in [5, 5.41) is 2.91. The quantitative estimate of drug-likeness (QED) is 0.699. The zero-order valence-electron chi connectivity index (χ0n) is 7.26. The molecule has 2 rings (SSSR count). The maximum Gasteiger partial charge on any atom is 0.139 e. The van der Waals surface area contributed by atoms with E-state index in [1.165, 1.54) is 0 Å². The second kappa shape index (κ2) is 2.96. The topological polar surface area (TPSA) is 50.9 Å². The molecule has 3 N–H and O–H groups in total. The van der Waals surface area contributed by atoms with Gasteiger partial charge in [-0.05, 0) is 17.7 Å². The number of hydrogen-bond donors (Lipinski definition) is 2. The Bertz CT molecular complexity index is 309. The van der Waals surface area contributed by atoms with Gasteiger partial charge in [0.1, 0.15) is 11.5 Å². The summed E-state index contributed by atoms with van der Waals surface area (Å²) in [5.74, 6) is 0.452. The van der Waals surface area contributed by atoms with Gasteiger partial charge in [-0.1, -0.05) is 0 Å². The lowest BCUT2D eigenvalue weighted by Crippen LogP contribution is -2.57. The zero-order valence-corrected chi connectivity index (χ0v) is 7.26. The van der Waals surface area contributed by atoms with Crippen LogP contribution in [-0.2, 0) is 6.42 Å². The highest BCUT2D eigenvalue weighted by Gasteiger charge is 2.36. The summed E-state index contributed by atoms with van der Waals surface area (Å²) in [7, 11) is 0. The minimum absolute atomic E-state index is 0.423. The van der Waals surface area contributed by atoms with Crippen LogP contribution >= 0.6 is 0 Å². The van der Waals surface area contributed by atoms with Crippen molar-refractivity contribution in [2.45, 2.75) is 12.1 Å². The van der Waals surface area contributed by atoms with E-state index in [9.17, 15) is 4.39 Å². The van der Waals surface area contributed by atoms with E-state index in [2.05, 4.69) is 10.3 Å². The van der Waals surface area contributed by atoms with Crippen LogP contribution in [0.15, 0.2) is 18.3 Å². The van der Waals surface area contributed by atoms with E-state index in [1.807, 2.05) is 0 Å². The molecule has 1 aliphatic rings. The number of nitrogens with one attached hydrogen (secondary N) is 1. The van der Waals surface area contributed by atoms with Crippen molar-refractivity contribution in [2.24, 2.45) is 0 Å². The molecule has 0 spiro atoms. The largest absolute Gasteiger partial charge is 0.384 e. The molecule has 0 unspecified atom stereocenters. The van der Waals surface area contributed by atoms with Crippen molar-refractivity contribution in [3.8, 4) is 0 Å². The van der Waals surface area contributed by atoms with Crippen LogP contribution < -0.4 is 11.1 Å². The average Bonchev–Trinajstić information content (AvgIpc) is 2.01. The van der Waals surface area contributed by atoms with Gasteiger partial charge in [-0.25, -0.2) is 9.37 Å². The number of hydrogen-bond acceptors (Lipinski definition) is 3. The summed E-state index contributed by atoms with van der Waals surface area (Å²) in [6.07, 6.45) is 2.03. The van der Waals surface area contributed by atoms with E-state index < -0.39 is 5.67 Å². The molecule has 0 atom stereocenters. The van der Waals surface area contributed by atoms with E-state index >= 15 is 0 Å². The Balaban J connectivity index is 2.09. The Morgan fingerprint density at radius 2 is 2.38 bits per heavy atom. The smallest absolute Gasteiger partial charge is 0.139 e. The SMILES string of the molecule is Nc1cc(CC2(F)CNC2)ccn1. The lowest BCUT2D eigenvalue weighted by molar-refractivity contribution is 0.0912. The normalized spacial score (nSPS) is 19.5. The fraction of sp³-hybridized carbons (Fsp3) is 0.444. The third-order valence-electron chi connectivity index (χ3n) is 2.25. The molecule has 1 fully saturated rings. The monoisotopic (exact) mass is 181 g/mol. The molecule has 1 aliphatic heterocycles. The molecular weight excluding hydrogens is 169 g/mol. The van der Waals surface area contributed by atoms with E-state index in [0.29, 0.717) is 25.3 Å². The minimum atomic E-state index is -1.08. The first-order valence-corrected chi connectivity index (χ1v) is 4.28. The molecule has 0 bridgehead atoms. The van der Waals surface area contributed by atoms with Crippen molar-refractivity contribution in [2.75, 3.05) is 18.8 Å². The summed E-state index contributed by atoms with van der Waals surface area (Å²) in [6, 6.07) is 3.52. The predicted octanol–water partition coefficient (Wildman–Crippen LogP) is 0.518. The molecule has 0 amide bonds. The molecule has 3 nitrogen and oxygen atoms in total. The van der Waals surface area contributed by atoms with E-state index in [4.69, 9.17) is 5.73 Å². The number of alkyl halides is 1. The number of pyridine rings is 1. The van der Waals surface area contributed by atoms with Crippen molar-refractivity contribution in [1.29, 1.82) is 0 Å². The van der Waals surface area contributed by atoms with Crippen molar-refractivity contribution >= 4 is 5.82 Å². The van der Waals surface area contributed by atoms with Crippen LogP contribution in [0.2, 0.25) is 0 Å². The lowest BCUT2D eigenvalue weighted by atomic mass is 9.91. The molecular formula is C9H12FN3. The first kappa shape index (κ1) is 8.44. The first-order valence-electron chi connectivity index (χ1n) is 4.28.